The lowest BCUT2D eigenvalue weighted by Crippen LogP contribution is -2.03. The third kappa shape index (κ3) is 2.08. The normalized spacial score (nSPS) is 24.4. The molecule has 0 amide bonds. The van der Waals surface area contributed by atoms with Crippen molar-refractivity contribution in [2.24, 2.45) is 0 Å². The van der Waals surface area contributed by atoms with E-state index in [1.54, 1.807) is 19.2 Å². The molecule has 0 saturated carbocycles. The van der Waals surface area contributed by atoms with Crippen molar-refractivity contribution in [2.75, 3.05) is 13.7 Å². The summed E-state index contributed by atoms with van der Waals surface area (Å²) in [5.74, 6) is 0.575. The van der Waals surface area contributed by atoms with E-state index in [1.165, 1.54) is 0 Å². The molecule has 4 heteroatoms. The lowest BCUT2D eigenvalue weighted by Gasteiger charge is -2.11. The molecule has 0 radical (unpaired) electrons. The van der Waals surface area contributed by atoms with Gasteiger partial charge in [-0.3, -0.25) is 4.79 Å². The zero-order valence-electron chi connectivity index (χ0n) is 9.30. The summed E-state index contributed by atoms with van der Waals surface area (Å²) >= 11 is 0. The highest BCUT2D eigenvalue weighted by Crippen LogP contribution is 2.29. The Hall–Kier alpha value is -1.39. The molecule has 1 aromatic rings. The maximum Gasteiger partial charge on any atom is 0.155 e. The first kappa shape index (κ1) is 11.1. The van der Waals surface area contributed by atoms with E-state index < -0.39 is 0 Å². The summed E-state index contributed by atoms with van der Waals surface area (Å²) in [5, 5.41) is 0. The van der Waals surface area contributed by atoms with Crippen LogP contribution in [0.3, 0.4) is 0 Å². The van der Waals surface area contributed by atoms with E-state index in [0.29, 0.717) is 17.9 Å². The molecule has 86 valence electrons. The second-order valence-electron chi connectivity index (χ2n) is 3.64. The van der Waals surface area contributed by atoms with Gasteiger partial charge in [-0.15, -0.1) is 0 Å². The molecule has 2 rings (SSSR count). The summed E-state index contributed by atoms with van der Waals surface area (Å²) in [5.41, 5.74) is 1.47. The maximum atomic E-state index is 10.9. The van der Waals surface area contributed by atoms with Crippen molar-refractivity contribution >= 4 is 6.29 Å². The van der Waals surface area contributed by atoms with Gasteiger partial charge in [0.2, 0.25) is 0 Å². The smallest absolute Gasteiger partial charge is 0.155 e. The first-order valence-electron chi connectivity index (χ1n) is 5.14. The first-order chi connectivity index (χ1) is 7.74. The molecule has 1 aliphatic heterocycles. The molecule has 0 aliphatic carbocycles. The van der Waals surface area contributed by atoms with Crippen LogP contribution in [0.25, 0.3) is 0 Å². The van der Waals surface area contributed by atoms with Crippen molar-refractivity contribution in [3.8, 4) is 5.75 Å². The van der Waals surface area contributed by atoms with Crippen LogP contribution >= 0.6 is 0 Å². The van der Waals surface area contributed by atoms with Crippen LogP contribution in [-0.4, -0.2) is 26.3 Å². The fourth-order valence-corrected chi connectivity index (χ4v) is 1.75. The zero-order chi connectivity index (χ0) is 11.5. The second-order valence-corrected chi connectivity index (χ2v) is 3.64. The largest absolute Gasteiger partial charge is 0.496 e. The minimum Gasteiger partial charge on any atom is -0.496 e. The van der Waals surface area contributed by atoms with Gasteiger partial charge in [-0.25, -0.2) is 0 Å². The molecular weight excluding hydrogens is 208 g/mol. The van der Waals surface area contributed by atoms with Crippen molar-refractivity contribution < 1.29 is 19.0 Å². The number of carbonyl (C=O) groups is 1. The number of methoxy groups -OCH3 is 1. The Balaban J connectivity index is 2.25. The summed E-state index contributed by atoms with van der Waals surface area (Å²) in [6.07, 6.45) is 0.494. The third-order valence-electron chi connectivity index (χ3n) is 2.59. The van der Waals surface area contributed by atoms with Crippen molar-refractivity contribution in [1.29, 1.82) is 0 Å². The lowest BCUT2D eigenvalue weighted by molar-refractivity contribution is -0.0426. The SMILES string of the molecule is COc1ccc(C2COC(C)O2)cc1C=O. The molecule has 16 heavy (non-hydrogen) atoms. The summed E-state index contributed by atoms with van der Waals surface area (Å²) in [7, 11) is 1.54. The van der Waals surface area contributed by atoms with Gasteiger partial charge in [-0.2, -0.15) is 0 Å². The molecular formula is C12H14O4. The fourth-order valence-electron chi connectivity index (χ4n) is 1.75. The van der Waals surface area contributed by atoms with Crippen LogP contribution in [0.2, 0.25) is 0 Å². The van der Waals surface area contributed by atoms with Crippen LogP contribution in [0.5, 0.6) is 5.75 Å². The number of carbonyl (C=O) groups excluding carboxylic acids is 1. The van der Waals surface area contributed by atoms with Gasteiger partial charge in [0.05, 0.1) is 19.3 Å². The van der Waals surface area contributed by atoms with Crippen molar-refractivity contribution in [3.63, 3.8) is 0 Å². The van der Waals surface area contributed by atoms with Gasteiger partial charge in [-0.1, -0.05) is 6.07 Å². The minimum absolute atomic E-state index is 0.0976. The Bertz CT molecular complexity index is 389. The van der Waals surface area contributed by atoms with Crippen LogP contribution in [0, 0.1) is 0 Å². The molecule has 0 aromatic heterocycles. The second kappa shape index (κ2) is 4.63. The van der Waals surface area contributed by atoms with E-state index in [1.807, 2.05) is 13.0 Å². The van der Waals surface area contributed by atoms with Gasteiger partial charge in [0.15, 0.2) is 12.6 Å². The number of benzene rings is 1. The van der Waals surface area contributed by atoms with Crippen LogP contribution < -0.4 is 4.74 Å². The number of aldehydes is 1. The van der Waals surface area contributed by atoms with Crippen LogP contribution in [0.15, 0.2) is 18.2 Å². The van der Waals surface area contributed by atoms with Crippen molar-refractivity contribution in [2.45, 2.75) is 19.3 Å². The summed E-state index contributed by atoms with van der Waals surface area (Å²) in [6, 6.07) is 5.43. The predicted octanol–water partition coefficient (Wildman–Crippen LogP) is 1.94. The Morgan fingerprint density at radius 1 is 1.50 bits per heavy atom. The average Bonchev–Trinajstić information content (AvgIpc) is 2.75. The topological polar surface area (TPSA) is 44.8 Å². The van der Waals surface area contributed by atoms with Crippen LogP contribution in [0.1, 0.15) is 28.9 Å². The fraction of sp³-hybridized carbons (Fsp3) is 0.417. The molecule has 0 N–H and O–H groups in total. The molecule has 0 spiro atoms. The van der Waals surface area contributed by atoms with E-state index in [4.69, 9.17) is 14.2 Å². The predicted molar refractivity (Wildman–Crippen MR) is 57.6 cm³/mol. The number of hydrogen-bond donors (Lipinski definition) is 0. The van der Waals surface area contributed by atoms with Crippen LogP contribution in [0.4, 0.5) is 0 Å². The molecule has 1 aromatic carbocycles. The highest BCUT2D eigenvalue weighted by molar-refractivity contribution is 5.79. The first-order valence-corrected chi connectivity index (χ1v) is 5.14. The molecule has 1 saturated heterocycles. The van der Waals surface area contributed by atoms with Gasteiger partial charge in [-0.05, 0) is 24.6 Å². The Morgan fingerprint density at radius 3 is 2.88 bits per heavy atom. The standard InChI is InChI=1S/C12H14O4/c1-8-15-7-12(16-8)9-3-4-11(14-2)10(5-9)6-13/h3-6,8,12H,7H2,1-2H3. The molecule has 4 nitrogen and oxygen atoms in total. The molecule has 2 atom stereocenters. The molecule has 0 bridgehead atoms. The quantitative estimate of drug-likeness (QED) is 0.733. The van der Waals surface area contributed by atoms with Crippen LogP contribution in [-0.2, 0) is 9.47 Å². The lowest BCUT2D eigenvalue weighted by atomic mass is 10.1. The van der Waals surface area contributed by atoms with Gasteiger partial charge < -0.3 is 14.2 Å². The Labute approximate surface area is 94.1 Å². The molecule has 1 heterocycles. The van der Waals surface area contributed by atoms with Gasteiger partial charge >= 0.3 is 0 Å². The highest BCUT2D eigenvalue weighted by atomic mass is 16.7. The molecule has 2 unspecified atom stereocenters. The van der Waals surface area contributed by atoms with Crippen molar-refractivity contribution in [3.05, 3.63) is 29.3 Å². The summed E-state index contributed by atoms with van der Waals surface area (Å²) < 4.78 is 15.9. The van der Waals surface area contributed by atoms with E-state index in [-0.39, 0.29) is 12.4 Å². The van der Waals surface area contributed by atoms with Crippen molar-refractivity contribution in [1.82, 2.24) is 0 Å². The summed E-state index contributed by atoms with van der Waals surface area (Å²) in [4.78, 5) is 10.9. The number of rotatable bonds is 3. The number of ether oxygens (including phenoxy) is 3. The van der Waals surface area contributed by atoms with E-state index >= 15 is 0 Å². The zero-order valence-corrected chi connectivity index (χ0v) is 9.30. The monoisotopic (exact) mass is 222 g/mol. The Morgan fingerprint density at radius 2 is 2.31 bits per heavy atom. The number of hydrogen-bond acceptors (Lipinski definition) is 4. The maximum absolute atomic E-state index is 10.9. The van der Waals surface area contributed by atoms with Gasteiger partial charge in [0, 0.05) is 0 Å². The minimum atomic E-state index is -0.188. The van der Waals surface area contributed by atoms with E-state index in [0.717, 1.165) is 11.8 Å². The third-order valence-corrected chi connectivity index (χ3v) is 2.59. The molecule has 1 aliphatic rings. The van der Waals surface area contributed by atoms with E-state index in [2.05, 4.69) is 0 Å². The average molecular weight is 222 g/mol. The molecule has 1 fully saturated rings. The van der Waals surface area contributed by atoms with Gasteiger partial charge in [0.1, 0.15) is 11.9 Å². The summed E-state index contributed by atoms with van der Waals surface area (Å²) in [6.45, 7) is 2.37. The Kier molecular flexibility index (Phi) is 3.22. The van der Waals surface area contributed by atoms with Gasteiger partial charge in [0.25, 0.3) is 0 Å². The highest BCUT2D eigenvalue weighted by Gasteiger charge is 2.24. The van der Waals surface area contributed by atoms with E-state index in [9.17, 15) is 4.79 Å².